The lowest BCUT2D eigenvalue weighted by Crippen LogP contribution is -2.29. The van der Waals surface area contributed by atoms with Gasteiger partial charge >= 0.3 is 0 Å². The predicted molar refractivity (Wildman–Crippen MR) is 71.3 cm³/mol. The molecule has 0 aromatic heterocycles. The van der Waals surface area contributed by atoms with Crippen LogP contribution < -0.4 is 15.8 Å². The highest BCUT2D eigenvalue weighted by Crippen LogP contribution is 2.31. The SMILES string of the molecule is CC#CCNC(CN)c1c(Cl)cccc1OC. The van der Waals surface area contributed by atoms with Crippen molar-refractivity contribution in [2.75, 3.05) is 20.2 Å². The molecule has 4 heteroatoms. The van der Waals surface area contributed by atoms with Crippen LogP contribution in [-0.4, -0.2) is 20.2 Å². The van der Waals surface area contributed by atoms with Crippen molar-refractivity contribution in [1.29, 1.82) is 0 Å². The first kappa shape index (κ1) is 13.9. The van der Waals surface area contributed by atoms with Crippen LogP contribution in [0.3, 0.4) is 0 Å². The van der Waals surface area contributed by atoms with Crippen molar-refractivity contribution in [1.82, 2.24) is 5.32 Å². The summed E-state index contributed by atoms with van der Waals surface area (Å²) in [6.07, 6.45) is 0. The van der Waals surface area contributed by atoms with Gasteiger partial charge in [-0.1, -0.05) is 23.6 Å². The number of halogens is 1. The van der Waals surface area contributed by atoms with Crippen LogP contribution in [0.5, 0.6) is 5.75 Å². The quantitative estimate of drug-likeness (QED) is 0.788. The summed E-state index contributed by atoms with van der Waals surface area (Å²) in [5.41, 5.74) is 6.64. The maximum Gasteiger partial charge on any atom is 0.125 e. The number of benzene rings is 1. The Balaban J connectivity index is 2.96. The topological polar surface area (TPSA) is 47.3 Å². The molecule has 0 spiro atoms. The van der Waals surface area contributed by atoms with Crippen LogP contribution in [0.4, 0.5) is 0 Å². The molecule has 0 radical (unpaired) electrons. The molecule has 0 saturated heterocycles. The second-order valence-corrected chi connectivity index (χ2v) is 3.86. The van der Waals surface area contributed by atoms with E-state index >= 15 is 0 Å². The molecule has 1 rings (SSSR count). The number of methoxy groups -OCH3 is 1. The number of nitrogens with two attached hydrogens (primary N) is 1. The lowest BCUT2D eigenvalue weighted by molar-refractivity contribution is 0.401. The maximum absolute atomic E-state index is 6.18. The summed E-state index contributed by atoms with van der Waals surface area (Å²) in [6, 6.07) is 5.50. The van der Waals surface area contributed by atoms with E-state index in [1.807, 2.05) is 18.2 Å². The standard InChI is InChI=1S/C13H17ClN2O/c1-3-4-8-16-11(9-15)13-10(14)6-5-7-12(13)17-2/h5-7,11,16H,8-9,15H2,1-2H3. The van der Waals surface area contributed by atoms with Crippen molar-refractivity contribution in [2.45, 2.75) is 13.0 Å². The van der Waals surface area contributed by atoms with E-state index in [1.165, 1.54) is 0 Å². The smallest absolute Gasteiger partial charge is 0.125 e. The van der Waals surface area contributed by atoms with E-state index in [4.69, 9.17) is 22.1 Å². The third-order valence-corrected chi connectivity index (χ3v) is 2.76. The Hall–Kier alpha value is -1.21. The molecule has 0 saturated carbocycles. The van der Waals surface area contributed by atoms with E-state index in [1.54, 1.807) is 14.0 Å². The van der Waals surface area contributed by atoms with Crippen molar-refractivity contribution < 1.29 is 4.74 Å². The minimum atomic E-state index is -0.0560. The van der Waals surface area contributed by atoms with E-state index in [9.17, 15) is 0 Å². The van der Waals surface area contributed by atoms with Crippen molar-refractivity contribution in [3.8, 4) is 17.6 Å². The van der Waals surface area contributed by atoms with Gasteiger partial charge in [-0.3, -0.25) is 5.32 Å². The second-order valence-electron chi connectivity index (χ2n) is 3.45. The van der Waals surface area contributed by atoms with Gasteiger partial charge in [0.05, 0.1) is 19.7 Å². The average Bonchev–Trinajstić information content (AvgIpc) is 2.35. The molecule has 0 amide bonds. The molecule has 0 aliphatic heterocycles. The Bertz CT molecular complexity index is 423. The average molecular weight is 253 g/mol. The first-order chi connectivity index (χ1) is 8.24. The lowest BCUT2D eigenvalue weighted by atomic mass is 10.1. The van der Waals surface area contributed by atoms with Crippen molar-refractivity contribution in [3.05, 3.63) is 28.8 Å². The van der Waals surface area contributed by atoms with Gasteiger partial charge in [-0.15, -0.1) is 5.92 Å². The Morgan fingerprint density at radius 1 is 1.53 bits per heavy atom. The van der Waals surface area contributed by atoms with E-state index < -0.39 is 0 Å². The number of hydrogen-bond acceptors (Lipinski definition) is 3. The van der Waals surface area contributed by atoms with Crippen LogP contribution in [0.15, 0.2) is 18.2 Å². The highest BCUT2D eigenvalue weighted by molar-refractivity contribution is 6.31. The minimum Gasteiger partial charge on any atom is -0.496 e. The van der Waals surface area contributed by atoms with Crippen LogP contribution >= 0.6 is 11.6 Å². The van der Waals surface area contributed by atoms with Gasteiger partial charge in [0, 0.05) is 17.1 Å². The molecule has 1 aromatic rings. The Morgan fingerprint density at radius 3 is 2.88 bits per heavy atom. The van der Waals surface area contributed by atoms with E-state index in [-0.39, 0.29) is 6.04 Å². The summed E-state index contributed by atoms with van der Waals surface area (Å²) < 4.78 is 5.30. The summed E-state index contributed by atoms with van der Waals surface area (Å²) in [5, 5.41) is 3.89. The molecule has 1 unspecified atom stereocenters. The summed E-state index contributed by atoms with van der Waals surface area (Å²) in [4.78, 5) is 0. The van der Waals surface area contributed by atoms with Gasteiger partial charge in [0.15, 0.2) is 0 Å². The largest absolute Gasteiger partial charge is 0.496 e. The zero-order valence-electron chi connectivity index (χ0n) is 10.1. The lowest BCUT2D eigenvalue weighted by Gasteiger charge is -2.19. The number of ether oxygens (including phenoxy) is 1. The fourth-order valence-corrected chi connectivity index (χ4v) is 1.90. The molecule has 0 fully saturated rings. The first-order valence-corrected chi connectivity index (χ1v) is 5.77. The number of hydrogen-bond donors (Lipinski definition) is 2. The molecule has 0 aliphatic rings. The Morgan fingerprint density at radius 2 is 2.29 bits per heavy atom. The van der Waals surface area contributed by atoms with Crippen LogP contribution in [0.2, 0.25) is 5.02 Å². The summed E-state index contributed by atoms with van der Waals surface area (Å²) in [7, 11) is 1.62. The van der Waals surface area contributed by atoms with Crippen LogP contribution in [-0.2, 0) is 0 Å². The van der Waals surface area contributed by atoms with Gasteiger partial charge in [-0.05, 0) is 19.1 Å². The fraction of sp³-hybridized carbons (Fsp3) is 0.385. The molecule has 3 N–H and O–H groups in total. The molecule has 17 heavy (non-hydrogen) atoms. The highest BCUT2D eigenvalue weighted by atomic mass is 35.5. The molecule has 0 bridgehead atoms. The zero-order chi connectivity index (χ0) is 12.7. The Labute approximate surface area is 107 Å². The molecular weight excluding hydrogens is 236 g/mol. The van der Waals surface area contributed by atoms with Gasteiger partial charge in [-0.2, -0.15) is 0 Å². The summed E-state index contributed by atoms with van der Waals surface area (Å²) in [6.45, 7) is 2.81. The fourth-order valence-electron chi connectivity index (χ4n) is 1.60. The van der Waals surface area contributed by atoms with E-state index in [0.717, 1.165) is 11.3 Å². The normalized spacial score (nSPS) is 11.5. The molecule has 92 valence electrons. The van der Waals surface area contributed by atoms with Gasteiger partial charge in [0.1, 0.15) is 5.75 Å². The van der Waals surface area contributed by atoms with Gasteiger partial charge < -0.3 is 10.5 Å². The van der Waals surface area contributed by atoms with Crippen molar-refractivity contribution in [2.24, 2.45) is 5.73 Å². The van der Waals surface area contributed by atoms with Crippen LogP contribution in [0, 0.1) is 11.8 Å². The van der Waals surface area contributed by atoms with Crippen molar-refractivity contribution >= 4 is 11.6 Å². The molecular formula is C13H17ClN2O. The molecule has 0 heterocycles. The van der Waals surface area contributed by atoms with E-state index in [2.05, 4.69) is 17.2 Å². The zero-order valence-corrected chi connectivity index (χ0v) is 10.8. The van der Waals surface area contributed by atoms with Gasteiger partial charge in [0.2, 0.25) is 0 Å². The van der Waals surface area contributed by atoms with Crippen LogP contribution in [0.1, 0.15) is 18.5 Å². The first-order valence-electron chi connectivity index (χ1n) is 5.40. The molecule has 3 nitrogen and oxygen atoms in total. The summed E-state index contributed by atoms with van der Waals surface area (Å²) in [5.74, 6) is 6.50. The van der Waals surface area contributed by atoms with Crippen LogP contribution in [0.25, 0.3) is 0 Å². The molecule has 0 aliphatic carbocycles. The molecule has 1 atom stereocenters. The third-order valence-electron chi connectivity index (χ3n) is 2.43. The highest BCUT2D eigenvalue weighted by Gasteiger charge is 2.17. The van der Waals surface area contributed by atoms with Gasteiger partial charge in [-0.25, -0.2) is 0 Å². The van der Waals surface area contributed by atoms with Gasteiger partial charge in [0.25, 0.3) is 0 Å². The number of rotatable bonds is 5. The Kier molecular flexibility index (Phi) is 5.85. The minimum absolute atomic E-state index is 0.0560. The van der Waals surface area contributed by atoms with Crippen molar-refractivity contribution in [3.63, 3.8) is 0 Å². The maximum atomic E-state index is 6.18. The second kappa shape index (κ2) is 7.18. The third kappa shape index (κ3) is 3.64. The summed E-state index contributed by atoms with van der Waals surface area (Å²) >= 11 is 6.18. The predicted octanol–water partition coefficient (Wildman–Crippen LogP) is 1.96. The monoisotopic (exact) mass is 252 g/mol. The molecule has 1 aromatic carbocycles. The number of nitrogens with one attached hydrogen (secondary N) is 1. The van der Waals surface area contributed by atoms with E-state index in [0.29, 0.717) is 18.1 Å².